The van der Waals surface area contributed by atoms with Crippen molar-refractivity contribution in [3.05, 3.63) is 54.1 Å². The summed E-state index contributed by atoms with van der Waals surface area (Å²) in [6, 6.07) is 16.3. The molecule has 0 saturated heterocycles. The van der Waals surface area contributed by atoms with Crippen molar-refractivity contribution in [3.8, 4) is 5.75 Å². The Kier molecular flexibility index (Phi) is 5.01. The highest BCUT2D eigenvalue weighted by Crippen LogP contribution is 2.20. The largest absolute Gasteiger partial charge is 0.494 e. The fraction of sp³-hybridized carbons (Fsp3) is 0.278. The number of aromatic nitrogens is 2. The molecule has 0 aliphatic carbocycles. The maximum absolute atomic E-state index is 5.75. The second kappa shape index (κ2) is 7.36. The molecule has 0 fully saturated rings. The molecule has 0 amide bonds. The molecule has 22 heavy (non-hydrogen) atoms. The number of para-hydroxylation sites is 2. The van der Waals surface area contributed by atoms with E-state index in [4.69, 9.17) is 4.74 Å². The Labute approximate surface area is 135 Å². The van der Waals surface area contributed by atoms with Gasteiger partial charge in [0.25, 0.3) is 0 Å². The predicted octanol–water partition coefficient (Wildman–Crippen LogP) is 4.82. The summed E-state index contributed by atoms with van der Waals surface area (Å²) in [5, 5.41) is 1.00. The van der Waals surface area contributed by atoms with E-state index in [1.54, 1.807) is 11.8 Å². The molecule has 0 spiro atoms. The standard InChI is InChI=1S/C18H20N2OS/c1-14-7-6-8-15(13-14)21-11-4-5-12-22-18-19-16-9-2-3-10-17(16)20-18/h2-3,6-10,13H,4-5,11-12H2,1H3,(H,19,20). The molecule has 114 valence electrons. The predicted molar refractivity (Wildman–Crippen MR) is 92.7 cm³/mol. The van der Waals surface area contributed by atoms with Crippen LogP contribution in [0, 0.1) is 6.92 Å². The van der Waals surface area contributed by atoms with Crippen LogP contribution in [0.3, 0.4) is 0 Å². The van der Waals surface area contributed by atoms with Crippen molar-refractivity contribution in [2.24, 2.45) is 0 Å². The molecular formula is C18H20N2OS. The maximum Gasteiger partial charge on any atom is 0.166 e. The average molecular weight is 312 g/mol. The summed E-state index contributed by atoms with van der Waals surface area (Å²) in [6.45, 7) is 2.85. The molecule has 0 aliphatic heterocycles. The van der Waals surface area contributed by atoms with Gasteiger partial charge in [-0.3, -0.25) is 0 Å². The second-order valence-electron chi connectivity index (χ2n) is 5.28. The van der Waals surface area contributed by atoms with Gasteiger partial charge in [-0.15, -0.1) is 0 Å². The molecule has 1 aromatic heterocycles. The highest BCUT2D eigenvalue weighted by molar-refractivity contribution is 7.99. The van der Waals surface area contributed by atoms with Crippen LogP contribution in [0.1, 0.15) is 18.4 Å². The van der Waals surface area contributed by atoms with Crippen LogP contribution in [0.15, 0.2) is 53.7 Å². The van der Waals surface area contributed by atoms with E-state index >= 15 is 0 Å². The molecule has 0 radical (unpaired) electrons. The monoisotopic (exact) mass is 312 g/mol. The van der Waals surface area contributed by atoms with E-state index in [9.17, 15) is 0 Å². The number of nitrogens with one attached hydrogen (secondary N) is 1. The first-order valence-corrected chi connectivity index (χ1v) is 8.57. The fourth-order valence-corrected chi connectivity index (χ4v) is 3.15. The Balaban J connectivity index is 1.37. The normalized spacial score (nSPS) is 11.0. The number of ether oxygens (including phenoxy) is 1. The number of fused-ring (bicyclic) bond motifs is 1. The third-order valence-electron chi connectivity index (χ3n) is 3.40. The highest BCUT2D eigenvalue weighted by Gasteiger charge is 2.02. The molecule has 3 nitrogen and oxygen atoms in total. The zero-order valence-corrected chi connectivity index (χ0v) is 13.5. The van der Waals surface area contributed by atoms with E-state index in [2.05, 4.69) is 35.1 Å². The van der Waals surface area contributed by atoms with Crippen molar-refractivity contribution in [2.45, 2.75) is 24.9 Å². The smallest absolute Gasteiger partial charge is 0.166 e. The van der Waals surface area contributed by atoms with Crippen LogP contribution < -0.4 is 4.74 Å². The van der Waals surface area contributed by atoms with Gasteiger partial charge >= 0.3 is 0 Å². The van der Waals surface area contributed by atoms with Gasteiger partial charge in [-0.1, -0.05) is 36.0 Å². The van der Waals surface area contributed by atoms with Gasteiger partial charge in [0.1, 0.15) is 5.75 Å². The van der Waals surface area contributed by atoms with Gasteiger partial charge < -0.3 is 9.72 Å². The lowest BCUT2D eigenvalue weighted by Gasteiger charge is -2.06. The fourth-order valence-electron chi connectivity index (χ4n) is 2.27. The number of rotatable bonds is 7. The molecule has 4 heteroatoms. The van der Waals surface area contributed by atoms with Gasteiger partial charge in [0, 0.05) is 5.75 Å². The van der Waals surface area contributed by atoms with E-state index in [1.165, 1.54) is 5.56 Å². The topological polar surface area (TPSA) is 37.9 Å². The van der Waals surface area contributed by atoms with Crippen LogP contribution in [0.4, 0.5) is 0 Å². The first kappa shape index (κ1) is 15.0. The summed E-state index contributed by atoms with van der Waals surface area (Å²) in [5.41, 5.74) is 3.37. The quantitative estimate of drug-likeness (QED) is 0.502. The molecule has 3 aromatic rings. The van der Waals surface area contributed by atoms with Crippen LogP contribution >= 0.6 is 11.8 Å². The molecule has 3 rings (SSSR count). The summed E-state index contributed by atoms with van der Waals surface area (Å²) < 4.78 is 5.75. The number of hydrogen-bond acceptors (Lipinski definition) is 3. The number of aryl methyl sites for hydroxylation is 1. The van der Waals surface area contributed by atoms with Crippen LogP contribution in [-0.4, -0.2) is 22.3 Å². The Morgan fingerprint density at radius 1 is 1.09 bits per heavy atom. The van der Waals surface area contributed by atoms with E-state index in [0.717, 1.165) is 47.1 Å². The summed E-state index contributed by atoms with van der Waals surface area (Å²) in [4.78, 5) is 7.90. The minimum Gasteiger partial charge on any atom is -0.494 e. The molecule has 2 aromatic carbocycles. The minimum absolute atomic E-state index is 0.768. The molecule has 0 unspecified atom stereocenters. The van der Waals surface area contributed by atoms with E-state index in [-0.39, 0.29) is 0 Å². The number of benzene rings is 2. The van der Waals surface area contributed by atoms with Crippen LogP contribution in [0.2, 0.25) is 0 Å². The molecular weight excluding hydrogens is 292 g/mol. The first-order valence-electron chi connectivity index (χ1n) is 7.58. The summed E-state index contributed by atoms with van der Waals surface area (Å²) in [7, 11) is 0. The van der Waals surface area contributed by atoms with Crippen molar-refractivity contribution in [3.63, 3.8) is 0 Å². The third-order valence-corrected chi connectivity index (χ3v) is 4.36. The van der Waals surface area contributed by atoms with Gasteiger partial charge in [-0.05, 0) is 49.6 Å². The number of aromatic amines is 1. The lowest BCUT2D eigenvalue weighted by molar-refractivity contribution is 0.309. The van der Waals surface area contributed by atoms with Crippen LogP contribution in [0.5, 0.6) is 5.75 Å². The molecule has 0 bridgehead atoms. The van der Waals surface area contributed by atoms with Crippen molar-refractivity contribution >= 4 is 22.8 Å². The maximum atomic E-state index is 5.75. The zero-order chi connectivity index (χ0) is 15.2. The molecule has 0 atom stereocenters. The molecule has 0 aliphatic rings. The molecule has 1 heterocycles. The van der Waals surface area contributed by atoms with Crippen molar-refractivity contribution in [2.75, 3.05) is 12.4 Å². The Morgan fingerprint density at radius 2 is 2.00 bits per heavy atom. The number of nitrogens with zero attached hydrogens (tertiary/aromatic N) is 1. The highest BCUT2D eigenvalue weighted by atomic mass is 32.2. The zero-order valence-electron chi connectivity index (χ0n) is 12.7. The van der Waals surface area contributed by atoms with Crippen LogP contribution in [0.25, 0.3) is 11.0 Å². The number of hydrogen-bond donors (Lipinski definition) is 1. The Bertz CT molecular complexity index is 706. The number of thioether (sulfide) groups is 1. The Morgan fingerprint density at radius 3 is 2.86 bits per heavy atom. The van der Waals surface area contributed by atoms with Crippen molar-refractivity contribution in [1.29, 1.82) is 0 Å². The van der Waals surface area contributed by atoms with E-state index < -0.39 is 0 Å². The van der Waals surface area contributed by atoms with Gasteiger partial charge in [0.2, 0.25) is 0 Å². The third kappa shape index (κ3) is 4.04. The van der Waals surface area contributed by atoms with Crippen molar-refractivity contribution < 1.29 is 4.74 Å². The number of imidazole rings is 1. The molecule has 1 N–H and O–H groups in total. The first-order chi connectivity index (χ1) is 10.8. The Hall–Kier alpha value is -1.94. The lowest BCUT2D eigenvalue weighted by Crippen LogP contribution is -1.98. The van der Waals surface area contributed by atoms with E-state index in [0.29, 0.717) is 0 Å². The lowest BCUT2D eigenvalue weighted by atomic mass is 10.2. The van der Waals surface area contributed by atoms with Gasteiger partial charge in [-0.2, -0.15) is 0 Å². The number of H-pyrrole nitrogens is 1. The number of unbranched alkanes of at least 4 members (excludes halogenated alkanes) is 1. The average Bonchev–Trinajstić information content (AvgIpc) is 2.93. The molecule has 0 saturated carbocycles. The SMILES string of the molecule is Cc1cccc(OCCCCSc2nc3ccccc3[nH]2)c1. The van der Waals surface area contributed by atoms with Crippen LogP contribution in [-0.2, 0) is 0 Å². The van der Waals surface area contributed by atoms with Gasteiger partial charge in [-0.25, -0.2) is 4.98 Å². The summed E-state index contributed by atoms with van der Waals surface area (Å²) >= 11 is 1.77. The summed E-state index contributed by atoms with van der Waals surface area (Å²) in [6.07, 6.45) is 2.18. The van der Waals surface area contributed by atoms with Gasteiger partial charge in [0.05, 0.1) is 17.6 Å². The minimum atomic E-state index is 0.768. The van der Waals surface area contributed by atoms with Crippen molar-refractivity contribution in [1.82, 2.24) is 9.97 Å². The van der Waals surface area contributed by atoms with E-state index in [1.807, 2.05) is 30.3 Å². The summed E-state index contributed by atoms with van der Waals surface area (Å²) in [5.74, 6) is 2.02. The second-order valence-corrected chi connectivity index (χ2v) is 6.36. The van der Waals surface area contributed by atoms with Gasteiger partial charge in [0.15, 0.2) is 5.16 Å².